The van der Waals surface area contributed by atoms with Crippen LogP contribution in [0.2, 0.25) is 0 Å². The molecule has 2 rings (SSSR count). The van der Waals surface area contributed by atoms with Crippen LogP contribution in [0.15, 0.2) is 36.0 Å². The molecule has 1 saturated carbocycles. The molecule has 0 saturated heterocycles. The zero-order valence-corrected chi connectivity index (χ0v) is 12.9. The molecule has 0 aromatic carbocycles. The summed E-state index contributed by atoms with van der Waals surface area (Å²) in [5, 5.41) is 9.76. The zero-order chi connectivity index (χ0) is 15.8. The zero-order valence-electron chi connectivity index (χ0n) is 12.9. The Morgan fingerprint density at radius 3 is 2.05 bits per heavy atom. The fourth-order valence-corrected chi connectivity index (χ4v) is 3.55. The molecule has 1 unspecified atom stereocenters. The summed E-state index contributed by atoms with van der Waals surface area (Å²) < 4.78 is 0. The van der Waals surface area contributed by atoms with Crippen molar-refractivity contribution in [3.63, 3.8) is 0 Å². The van der Waals surface area contributed by atoms with Crippen LogP contribution < -0.4 is 0 Å². The summed E-state index contributed by atoms with van der Waals surface area (Å²) in [6, 6.07) is 0. The number of carboxylic acid groups (broad SMARTS) is 1. The van der Waals surface area contributed by atoms with E-state index in [9.17, 15) is 14.7 Å². The molecule has 114 valence electrons. The molecular weight excluding hydrogens is 264 g/mol. The van der Waals surface area contributed by atoms with Gasteiger partial charge in [0.1, 0.15) is 11.2 Å². The summed E-state index contributed by atoms with van der Waals surface area (Å²) in [6.07, 6.45) is 6.04. The normalized spacial score (nSPS) is 22.4. The van der Waals surface area contributed by atoms with Crippen molar-refractivity contribution in [2.75, 3.05) is 0 Å². The lowest BCUT2D eigenvalue weighted by Gasteiger charge is -2.36. The summed E-state index contributed by atoms with van der Waals surface area (Å²) in [4.78, 5) is 24.0. The van der Waals surface area contributed by atoms with Gasteiger partial charge in [0.25, 0.3) is 0 Å². The largest absolute Gasteiger partial charge is 0.480 e. The first kappa shape index (κ1) is 15.7. The fourth-order valence-electron chi connectivity index (χ4n) is 3.55. The van der Waals surface area contributed by atoms with Crippen LogP contribution in [-0.2, 0) is 9.59 Å². The number of carboxylic acids is 1. The molecule has 1 fully saturated rings. The van der Waals surface area contributed by atoms with Crippen molar-refractivity contribution in [2.45, 2.75) is 46.0 Å². The topological polar surface area (TPSA) is 54.4 Å². The standard InChI is InChI=1S/C18H24O3/c1-11(2)18(12(3)4,17(20)21)15-9-7-14(8-10-15)16(19)13-5-6-13/h9,13-14H,1,3,5-8,10H2,2,4H3,(H,20,21). The lowest BCUT2D eigenvalue weighted by Crippen LogP contribution is -2.37. The van der Waals surface area contributed by atoms with E-state index in [1.807, 2.05) is 6.08 Å². The maximum absolute atomic E-state index is 12.1. The van der Waals surface area contributed by atoms with Crippen LogP contribution in [0.5, 0.6) is 0 Å². The van der Waals surface area contributed by atoms with E-state index >= 15 is 0 Å². The third-order valence-electron chi connectivity index (χ3n) is 4.88. The Morgan fingerprint density at radius 2 is 1.71 bits per heavy atom. The van der Waals surface area contributed by atoms with Gasteiger partial charge in [-0.25, -0.2) is 0 Å². The van der Waals surface area contributed by atoms with Crippen LogP contribution in [0, 0.1) is 17.3 Å². The van der Waals surface area contributed by atoms with Gasteiger partial charge >= 0.3 is 5.97 Å². The van der Waals surface area contributed by atoms with Crippen molar-refractivity contribution < 1.29 is 14.7 Å². The van der Waals surface area contributed by atoms with Crippen LogP contribution in [0.25, 0.3) is 0 Å². The second-order valence-electron chi connectivity index (χ2n) is 6.49. The molecule has 0 aromatic heterocycles. The highest BCUT2D eigenvalue weighted by Crippen LogP contribution is 2.47. The second-order valence-corrected chi connectivity index (χ2v) is 6.49. The van der Waals surface area contributed by atoms with E-state index in [1.165, 1.54) is 0 Å². The Hall–Kier alpha value is -1.64. The summed E-state index contributed by atoms with van der Waals surface area (Å²) >= 11 is 0. The Kier molecular flexibility index (Phi) is 4.22. The van der Waals surface area contributed by atoms with Crippen molar-refractivity contribution in [2.24, 2.45) is 17.3 Å². The van der Waals surface area contributed by atoms with Gasteiger partial charge in [0.15, 0.2) is 0 Å². The number of allylic oxidation sites excluding steroid dienone is 1. The Balaban J connectivity index is 2.27. The fraction of sp³-hybridized carbons (Fsp3) is 0.556. The number of Topliss-reactive ketones (excluding diaryl/α,β-unsaturated/α-hetero) is 1. The van der Waals surface area contributed by atoms with E-state index < -0.39 is 11.4 Å². The molecule has 0 aromatic rings. The quantitative estimate of drug-likeness (QED) is 0.754. The predicted molar refractivity (Wildman–Crippen MR) is 82.9 cm³/mol. The van der Waals surface area contributed by atoms with Crippen LogP contribution in [-0.4, -0.2) is 16.9 Å². The highest BCUT2D eigenvalue weighted by Gasteiger charge is 2.45. The first-order valence-corrected chi connectivity index (χ1v) is 7.60. The molecule has 21 heavy (non-hydrogen) atoms. The number of hydrogen-bond acceptors (Lipinski definition) is 2. The van der Waals surface area contributed by atoms with Crippen LogP contribution in [0.4, 0.5) is 0 Å². The van der Waals surface area contributed by atoms with Gasteiger partial charge in [-0.2, -0.15) is 0 Å². The monoisotopic (exact) mass is 288 g/mol. The summed E-state index contributed by atoms with van der Waals surface area (Å²) in [7, 11) is 0. The molecular formula is C18H24O3. The molecule has 0 spiro atoms. The van der Waals surface area contributed by atoms with Crippen molar-refractivity contribution >= 4 is 11.8 Å². The second kappa shape index (κ2) is 5.63. The van der Waals surface area contributed by atoms with Gasteiger partial charge in [-0.3, -0.25) is 9.59 Å². The number of aliphatic carboxylic acids is 1. The van der Waals surface area contributed by atoms with Gasteiger partial charge in [-0.15, -0.1) is 0 Å². The Labute approximate surface area is 126 Å². The van der Waals surface area contributed by atoms with Gasteiger partial charge in [-0.1, -0.05) is 30.4 Å². The maximum atomic E-state index is 12.1. The molecule has 2 aliphatic carbocycles. The minimum absolute atomic E-state index is 0.0722. The first-order chi connectivity index (χ1) is 9.81. The molecule has 0 aliphatic heterocycles. The summed E-state index contributed by atoms with van der Waals surface area (Å²) in [5.74, 6) is -0.197. The number of ketones is 1. The smallest absolute Gasteiger partial charge is 0.322 e. The Bertz CT molecular complexity index is 499. The molecule has 1 N–H and O–H groups in total. The molecule has 3 nitrogen and oxygen atoms in total. The van der Waals surface area contributed by atoms with Crippen molar-refractivity contribution in [1.29, 1.82) is 0 Å². The number of hydrogen-bond donors (Lipinski definition) is 1. The highest BCUT2D eigenvalue weighted by atomic mass is 16.4. The Morgan fingerprint density at radius 1 is 1.14 bits per heavy atom. The lowest BCUT2D eigenvalue weighted by molar-refractivity contribution is -0.143. The van der Waals surface area contributed by atoms with E-state index in [2.05, 4.69) is 13.2 Å². The molecule has 0 radical (unpaired) electrons. The molecule has 0 bridgehead atoms. The lowest BCUT2D eigenvalue weighted by atomic mass is 9.66. The minimum Gasteiger partial charge on any atom is -0.480 e. The number of carbonyl (C=O) groups excluding carboxylic acids is 1. The highest BCUT2D eigenvalue weighted by molar-refractivity contribution is 5.88. The predicted octanol–water partition coefficient (Wildman–Crippen LogP) is 3.92. The average molecular weight is 288 g/mol. The summed E-state index contributed by atoms with van der Waals surface area (Å²) in [5.41, 5.74) is 0.837. The van der Waals surface area contributed by atoms with Gasteiger partial charge in [0.2, 0.25) is 0 Å². The van der Waals surface area contributed by atoms with Gasteiger partial charge in [0.05, 0.1) is 0 Å². The van der Waals surface area contributed by atoms with E-state index in [1.54, 1.807) is 13.8 Å². The molecule has 2 aliphatic rings. The van der Waals surface area contributed by atoms with Crippen LogP contribution in [0.3, 0.4) is 0 Å². The molecule has 3 heteroatoms. The molecule has 0 amide bonds. The van der Waals surface area contributed by atoms with Crippen LogP contribution in [0.1, 0.15) is 46.0 Å². The van der Waals surface area contributed by atoms with Crippen molar-refractivity contribution in [3.05, 3.63) is 36.0 Å². The summed E-state index contributed by atoms with van der Waals surface area (Å²) in [6.45, 7) is 11.3. The van der Waals surface area contributed by atoms with E-state index in [0.29, 0.717) is 29.8 Å². The van der Waals surface area contributed by atoms with Crippen molar-refractivity contribution in [3.8, 4) is 0 Å². The maximum Gasteiger partial charge on any atom is 0.322 e. The van der Waals surface area contributed by atoms with Crippen molar-refractivity contribution in [1.82, 2.24) is 0 Å². The number of carbonyl (C=O) groups is 2. The minimum atomic E-state index is -1.17. The van der Waals surface area contributed by atoms with E-state index in [0.717, 1.165) is 24.8 Å². The van der Waals surface area contributed by atoms with Gasteiger partial charge in [0, 0.05) is 11.8 Å². The van der Waals surface area contributed by atoms with E-state index in [-0.39, 0.29) is 11.8 Å². The van der Waals surface area contributed by atoms with E-state index in [4.69, 9.17) is 0 Å². The van der Waals surface area contributed by atoms with Gasteiger partial charge in [-0.05, 0) is 51.5 Å². The molecule has 1 atom stereocenters. The third kappa shape index (κ3) is 2.61. The average Bonchev–Trinajstić information content (AvgIpc) is 3.22. The molecule has 0 heterocycles. The first-order valence-electron chi connectivity index (χ1n) is 7.60. The number of rotatable bonds is 6. The third-order valence-corrected chi connectivity index (χ3v) is 4.88. The van der Waals surface area contributed by atoms with Crippen LogP contribution >= 0.6 is 0 Å². The van der Waals surface area contributed by atoms with Gasteiger partial charge < -0.3 is 5.11 Å². The SMILES string of the molecule is C=C(C)C(C(=C)C)(C(=O)O)C1=CCC(C(=O)C2CC2)CC1.